The number of nitrogens with zero attached hydrogens (tertiary/aromatic N) is 1. The largest absolute Gasteiger partial charge is 0.469 e. The molecule has 5 rings (SSSR count). The van der Waals surface area contributed by atoms with Gasteiger partial charge >= 0.3 is 5.97 Å². The van der Waals surface area contributed by atoms with E-state index in [2.05, 4.69) is 47.6 Å². The first-order valence-corrected chi connectivity index (χ1v) is 14.5. The van der Waals surface area contributed by atoms with E-state index in [1.165, 1.54) is 7.11 Å². The second-order valence-electron chi connectivity index (χ2n) is 15.3. The molecule has 0 amide bonds. The number of hydrogen-bond acceptors (Lipinski definition) is 5. The van der Waals surface area contributed by atoms with Crippen molar-refractivity contribution in [1.82, 2.24) is 0 Å². The maximum atomic E-state index is 14.4. The molecule has 0 N–H and O–H groups in total. The summed E-state index contributed by atoms with van der Waals surface area (Å²) in [7, 11) is 1.49. The number of allylic oxidation sites excluding steroid dienone is 4. The Bertz CT molecular complexity index is 1230. The van der Waals surface area contributed by atoms with Crippen LogP contribution in [0.3, 0.4) is 0 Å². The zero-order valence-electron chi connectivity index (χ0n) is 24.8. The summed E-state index contributed by atoms with van der Waals surface area (Å²) in [6.45, 7) is 17.5. The quantitative estimate of drug-likeness (QED) is 0.363. The summed E-state index contributed by atoms with van der Waals surface area (Å²) >= 11 is 0. The fourth-order valence-corrected chi connectivity index (χ4v) is 10.4. The minimum absolute atomic E-state index is 0.0213. The molecule has 0 aromatic heterocycles. The Kier molecular flexibility index (Phi) is 5.70. The molecule has 0 radical (unpaired) electrons. The number of esters is 1. The van der Waals surface area contributed by atoms with Crippen molar-refractivity contribution in [3.05, 3.63) is 23.3 Å². The molecular formula is C33H45NO4. The SMILES string of the molecule is COC(=O)[C@@]12CC[C@]3(C)[C@H](C(=O)C=C4[C@@]5(C)C=C(C#N)C(=O)C(C)(C)[C@@H]5CC[C@]43C)[C@@H]1CC(C)(C)[C@@H](C)C2. The van der Waals surface area contributed by atoms with E-state index in [4.69, 9.17) is 4.74 Å². The van der Waals surface area contributed by atoms with Crippen LogP contribution in [0.25, 0.3) is 0 Å². The summed E-state index contributed by atoms with van der Waals surface area (Å²) in [6, 6.07) is 2.17. The van der Waals surface area contributed by atoms with Gasteiger partial charge in [-0.2, -0.15) is 5.26 Å². The monoisotopic (exact) mass is 519 g/mol. The van der Waals surface area contributed by atoms with Crippen LogP contribution in [0.4, 0.5) is 0 Å². The van der Waals surface area contributed by atoms with Gasteiger partial charge in [-0.05, 0) is 78.6 Å². The third-order valence-corrected chi connectivity index (χ3v) is 13.2. The first kappa shape index (κ1) is 27.4. The highest BCUT2D eigenvalue weighted by Gasteiger charge is 2.71. The summed E-state index contributed by atoms with van der Waals surface area (Å²) in [5, 5.41) is 9.88. The minimum atomic E-state index is -0.673. The molecule has 0 bridgehead atoms. The molecule has 0 aromatic rings. The zero-order valence-corrected chi connectivity index (χ0v) is 24.8. The van der Waals surface area contributed by atoms with E-state index < -0.39 is 16.2 Å². The summed E-state index contributed by atoms with van der Waals surface area (Å²) in [4.78, 5) is 41.2. The molecule has 38 heavy (non-hydrogen) atoms. The number of Topliss-reactive ketones (excluding diaryl/α,β-unsaturated/α-hetero) is 1. The Balaban J connectivity index is 1.71. The second kappa shape index (κ2) is 7.92. The van der Waals surface area contributed by atoms with Crippen molar-refractivity contribution in [2.45, 2.75) is 93.9 Å². The zero-order chi connectivity index (χ0) is 28.3. The van der Waals surface area contributed by atoms with Crippen LogP contribution >= 0.6 is 0 Å². The lowest BCUT2D eigenvalue weighted by Gasteiger charge is -2.69. The van der Waals surface area contributed by atoms with Crippen LogP contribution in [0.2, 0.25) is 0 Å². The topological polar surface area (TPSA) is 84.2 Å². The van der Waals surface area contributed by atoms with Gasteiger partial charge in [-0.3, -0.25) is 14.4 Å². The molecular weight excluding hydrogens is 474 g/mol. The van der Waals surface area contributed by atoms with E-state index in [9.17, 15) is 19.6 Å². The fraction of sp³-hybridized carbons (Fsp3) is 0.758. The highest BCUT2D eigenvalue weighted by Crippen LogP contribution is 2.75. The number of carbonyl (C=O) groups is 3. The molecule has 0 heterocycles. The molecule has 8 atom stereocenters. The van der Waals surface area contributed by atoms with Crippen molar-refractivity contribution in [3.8, 4) is 6.07 Å². The highest BCUT2D eigenvalue weighted by molar-refractivity contribution is 6.04. The number of hydrogen-bond donors (Lipinski definition) is 0. The molecule has 0 aromatic carbocycles. The van der Waals surface area contributed by atoms with E-state index in [0.29, 0.717) is 5.92 Å². The van der Waals surface area contributed by atoms with Crippen LogP contribution in [-0.4, -0.2) is 24.6 Å². The molecule has 5 aliphatic rings. The Morgan fingerprint density at radius 2 is 1.68 bits per heavy atom. The van der Waals surface area contributed by atoms with Gasteiger partial charge < -0.3 is 4.74 Å². The molecule has 206 valence electrons. The van der Waals surface area contributed by atoms with Gasteiger partial charge in [0.05, 0.1) is 18.1 Å². The maximum Gasteiger partial charge on any atom is 0.312 e. The Labute approximate surface area is 228 Å². The van der Waals surface area contributed by atoms with Crippen molar-refractivity contribution in [2.24, 2.45) is 56.2 Å². The fourth-order valence-electron chi connectivity index (χ4n) is 10.4. The Morgan fingerprint density at radius 1 is 1.03 bits per heavy atom. The van der Waals surface area contributed by atoms with E-state index >= 15 is 0 Å². The number of ether oxygens (including phenoxy) is 1. The Hall–Kier alpha value is -2.22. The average molecular weight is 520 g/mol. The summed E-state index contributed by atoms with van der Waals surface area (Å²) in [5.41, 5.74) is -1.12. The van der Waals surface area contributed by atoms with Gasteiger partial charge in [-0.1, -0.05) is 67.0 Å². The standard InChI is InChI=1S/C33H45NO4/c1-19-15-33(27(37)38-9)13-12-32(8)25(21(33)17-28(19,2)3)22(35)14-24-30(6)16-20(18-34)26(36)29(4,5)23(30)10-11-31(24,32)7/h14,16,19,21,23,25H,10-13,15,17H2,1-9H3/t19-,21-,23-,25-,30-,31+,32+,33+/m0/s1. The van der Waals surface area contributed by atoms with E-state index in [1.807, 2.05) is 26.0 Å². The van der Waals surface area contributed by atoms with Crippen LogP contribution < -0.4 is 0 Å². The minimum Gasteiger partial charge on any atom is -0.469 e. The lowest BCUT2D eigenvalue weighted by atomic mass is 9.34. The van der Waals surface area contributed by atoms with Crippen molar-refractivity contribution in [2.75, 3.05) is 7.11 Å². The number of nitriles is 1. The van der Waals surface area contributed by atoms with Crippen molar-refractivity contribution >= 4 is 17.5 Å². The first-order chi connectivity index (χ1) is 17.5. The van der Waals surface area contributed by atoms with Crippen molar-refractivity contribution < 1.29 is 19.1 Å². The molecule has 5 heteroatoms. The smallest absolute Gasteiger partial charge is 0.312 e. The number of fused-ring (bicyclic) bond motifs is 7. The Morgan fingerprint density at radius 3 is 2.29 bits per heavy atom. The van der Waals surface area contributed by atoms with Gasteiger partial charge in [-0.15, -0.1) is 0 Å². The predicted octanol–water partition coefficient (Wildman–Crippen LogP) is 6.62. The molecule has 0 saturated heterocycles. The maximum absolute atomic E-state index is 14.4. The van der Waals surface area contributed by atoms with Gasteiger partial charge in [0.2, 0.25) is 0 Å². The second-order valence-corrected chi connectivity index (χ2v) is 15.3. The predicted molar refractivity (Wildman–Crippen MR) is 145 cm³/mol. The van der Waals surface area contributed by atoms with Crippen LogP contribution in [0.1, 0.15) is 93.9 Å². The number of methoxy groups -OCH3 is 1. The van der Waals surface area contributed by atoms with Crippen LogP contribution in [0, 0.1) is 67.5 Å². The first-order valence-electron chi connectivity index (χ1n) is 14.5. The van der Waals surface area contributed by atoms with Crippen LogP contribution in [0.15, 0.2) is 23.3 Å². The molecule has 0 aliphatic heterocycles. The van der Waals surface area contributed by atoms with Crippen LogP contribution in [-0.2, 0) is 19.1 Å². The summed E-state index contributed by atoms with van der Waals surface area (Å²) in [6.07, 6.45) is 8.65. The molecule has 3 fully saturated rings. The normalized spacial score (nSPS) is 46.7. The van der Waals surface area contributed by atoms with Gasteiger partial charge in [0, 0.05) is 16.7 Å². The summed E-state index contributed by atoms with van der Waals surface area (Å²) < 4.78 is 5.45. The van der Waals surface area contributed by atoms with Gasteiger partial charge in [-0.25, -0.2) is 0 Å². The number of rotatable bonds is 1. The molecule has 0 spiro atoms. The average Bonchev–Trinajstić information content (AvgIpc) is 2.83. The van der Waals surface area contributed by atoms with Crippen LogP contribution in [0.5, 0.6) is 0 Å². The van der Waals surface area contributed by atoms with Crippen molar-refractivity contribution in [1.29, 1.82) is 5.26 Å². The number of carbonyl (C=O) groups excluding carboxylic acids is 3. The third-order valence-electron chi connectivity index (χ3n) is 13.2. The molecule has 5 aliphatic carbocycles. The van der Waals surface area contributed by atoms with Gasteiger partial charge in [0.15, 0.2) is 11.6 Å². The summed E-state index contributed by atoms with van der Waals surface area (Å²) in [5.74, 6) is -0.0587. The molecule has 5 nitrogen and oxygen atoms in total. The lowest BCUT2D eigenvalue weighted by Crippen LogP contribution is -2.66. The van der Waals surface area contributed by atoms with Gasteiger partial charge in [0.1, 0.15) is 6.07 Å². The third kappa shape index (κ3) is 3.07. The van der Waals surface area contributed by atoms with Crippen molar-refractivity contribution in [3.63, 3.8) is 0 Å². The van der Waals surface area contributed by atoms with Gasteiger partial charge in [0.25, 0.3) is 0 Å². The number of ketones is 2. The molecule has 3 saturated carbocycles. The van der Waals surface area contributed by atoms with E-state index in [1.54, 1.807) is 0 Å². The van der Waals surface area contributed by atoms with E-state index in [-0.39, 0.29) is 57.1 Å². The lowest BCUT2D eigenvalue weighted by molar-refractivity contribution is -0.196. The highest BCUT2D eigenvalue weighted by atomic mass is 16.5. The molecule has 0 unspecified atom stereocenters. The van der Waals surface area contributed by atoms with E-state index in [0.717, 1.165) is 44.1 Å².